The number of nitrogens with zero attached hydrogens (tertiary/aromatic N) is 2. The molecule has 1 unspecified atom stereocenters. The van der Waals surface area contributed by atoms with Gasteiger partial charge in [-0.25, -0.2) is 4.79 Å². The fourth-order valence-electron chi connectivity index (χ4n) is 2.81. The molecule has 1 aromatic carbocycles. The molecule has 0 bridgehead atoms. The Kier molecular flexibility index (Phi) is 7.18. The molecule has 1 aliphatic heterocycles. The van der Waals surface area contributed by atoms with Gasteiger partial charge in [-0.2, -0.15) is 0 Å². The SMILES string of the molecule is COc1cccc(OCCN(C)C(=O)NC(C)CN2CCCC2)c1. The molecule has 0 radical (unpaired) electrons. The molecular formula is C18H29N3O3. The van der Waals surface area contributed by atoms with Crippen molar-refractivity contribution in [1.29, 1.82) is 0 Å². The zero-order valence-corrected chi connectivity index (χ0v) is 15.0. The van der Waals surface area contributed by atoms with E-state index in [0.29, 0.717) is 13.2 Å². The number of nitrogens with one attached hydrogen (secondary N) is 1. The summed E-state index contributed by atoms with van der Waals surface area (Å²) in [6.07, 6.45) is 2.53. The van der Waals surface area contributed by atoms with Gasteiger partial charge >= 0.3 is 6.03 Å². The van der Waals surface area contributed by atoms with Crippen LogP contribution in [0.4, 0.5) is 4.79 Å². The van der Waals surface area contributed by atoms with Crippen LogP contribution < -0.4 is 14.8 Å². The lowest BCUT2D eigenvalue weighted by molar-refractivity contribution is 0.188. The molecule has 1 saturated heterocycles. The minimum Gasteiger partial charge on any atom is -0.497 e. The highest BCUT2D eigenvalue weighted by atomic mass is 16.5. The van der Waals surface area contributed by atoms with E-state index in [1.165, 1.54) is 12.8 Å². The molecule has 134 valence electrons. The first-order chi connectivity index (χ1) is 11.6. The van der Waals surface area contributed by atoms with Crippen molar-refractivity contribution in [2.45, 2.75) is 25.8 Å². The van der Waals surface area contributed by atoms with Crippen LogP contribution in [0.3, 0.4) is 0 Å². The topological polar surface area (TPSA) is 54.0 Å². The van der Waals surface area contributed by atoms with E-state index >= 15 is 0 Å². The van der Waals surface area contributed by atoms with Gasteiger partial charge in [0.2, 0.25) is 0 Å². The summed E-state index contributed by atoms with van der Waals surface area (Å²) in [5.74, 6) is 1.50. The van der Waals surface area contributed by atoms with Gasteiger partial charge in [0.15, 0.2) is 0 Å². The van der Waals surface area contributed by atoms with Crippen molar-refractivity contribution < 1.29 is 14.3 Å². The maximum absolute atomic E-state index is 12.2. The lowest BCUT2D eigenvalue weighted by Gasteiger charge is -2.24. The molecule has 1 atom stereocenters. The van der Waals surface area contributed by atoms with Crippen molar-refractivity contribution in [2.75, 3.05) is 46.9 Å². The predicted octanol–water partition coefficient (Wildman–Crippen LogP) is 2.20. The van der Waals surface area contributed by atoms with Crippen LogP contribution in [0.25, 0.3) is 0 Å². The molecule has 1 aromatic rings. The van der Waals surface area contributed by atoms with Crippen molar-refractivity contribution in [3.63, 3.8) is 0 Å². The Morgan fingerprint density at radius 3 is 2.75 bits per heavy atom. The summed E-state index contributed by atoms with van der Waals surface area (Å²) in [5, 5.41) is 3.04. The van der Waals surface area contributed by atoms with Gasteiger partial charge < -0.3 is 24.6 Å². The zero-order valence-electron chi connectivity index (χ0n) is 15.0. The van der Waals surface area contributed by atoms with Gasteiger partial charge in [0.1, 0.15) is 18.1 Å². The molecule has 1 N–H and O–H groups in total. The molecular weight excluding hydrogens is 306 g/mol. The summed E-state index contributed by atoms with van der Waals surface area (Å²) in [7, 11) is 3.41. The van der Waals surface area contributed by atoms with E-state index in [0.717, 1.165) is 31.1 Å². The van der Waals surface area contributed by atoms with Gasteiger partial charge in [-0.3, -0.25) is 0 Å². The highest BCUT2D eigenvalue weighted by Crippen LogP contribution is 2.18. The first-order valence-corrected chi connectivity index (χ1v) is 8.59. The number of hydrogen-bond donors (Lipinski definition) is 1. The minimum absolute atomic E-state index is 0.0593. The number of urea groups is 1. The molecule has 1 fully saturated rings. The second kappa shape index (κ2) is 9.37. The van der Waals surface area contributed by atoms with E-state index in [1.807, 2.05) is 24.3 Å². The van der Waals surface area contributed by atoms with E-state index < -0.39 is 0 Å². The van der Waals surface area contributed by atoms with E-state index in [1.54, 1.807) is 19.1 Å². The summed E-state index contributed by atoms with van der Waals surface area (Å²) >= 11 is 0. The molecule has 6 heteroatoms. The quantitative estimate of drug-likeness (QED) is 0.791. The third kappa shape index (κ3) is 5.92. The Balaban J connectivity index is 1.67. The third-order valence-corrected chi connectivity index (χ3v) is 4.18. The normalized spacial score (nSPS) is 15.8. The Labute approximate surface area is 144 Å². The Hall–Kier alpha value is -1.95. The van der Waals surface area contributed by atoms with Crippen LogP contribution in [0.1, 0.15) is 19.8 Å². The van der Waals surface area contributed by atoms with Crippen molar-refractivity contribution in [3.8, 4) is 11.5 Å². The summed E-state index contributed by atoms with van der Waals surface area (Å²) in [6, 6.07) is 7.55. The summed E-state index contributed by atoms with van der Waals surface area (Å²) in [4.78, 5) is 16.2. The average Bonchev–Trinajstić information content (AvgIpc) is 3.07. The first-order valence-electron chi connectivity index (χ1n) is 8.59. The van der Waals surface area contributed by atoms with Crippen molar-refractivity contribution in [3.05, 3.63) is 24.3 Å². The number of hydrogen-bond acceptors (Lipinski definition) is 4. The van der Waals surface area contributed by atoms with Crippen LogP contribution in [0, 0.1) is 0 Å². The van der Waals surface area contributed by atoms with Crippen LogP contribution >= 0.6 is 0 Å². The number of carbonyl (C=O) groups excluding carboxylic acids is 1. The van der Waals surface area contributed by atoms with Gasteiger partial charge in [-0.05, 0) is 45.0 Å². The smallest absolute Gasteiger partial charge is 0.317 e. The average molecular weight is 335 g/mol. The van der Waals surface area contributed by atoms with Crippen LogP contribution in [0.5, 0.6) is 11.5 Å². The zero-order chi connectivity index (χ0) is 17.4. The monoisotopic (exact) mass is 335 g/mol. The Morgan fingerprint density at radius 1 is 1.33 bits per heavy atom. The second-order valence-electron chi connectivity index (χ2n) is 6.31. The largest absolute Gasteiger partial charge is 0.497 e. The maximum atomic E-state index is 12.2. The lowest BCUT2D eigenvalue weighted by atomic mass is 10.3. The summed E-state index contributed by atoms with van der Waals surface area (Å²) in [6.45, 7) is 6.22. The Bertz CT molecular complexity index is 518. The highest BCUT2D eigenvalue weighted by molar-refractivity contribution is 5.74. The van der Waals surface area contributed by atoms with Gasteiger partial charge in [-0.1, -0.05) is 6.07 Å². The van der Waals surface area contributed by atoms with Gasteiger partial charge in [0.25, 0.3) is 0 Å². The molecule has 0 saturated carbocycles. The second-order valence-corrected chi connectivity index (χ2v) is 6.31. The predicted molar refractivity (Wildman–Crippen MR) is 94.8 cm³/mol. The van der Waals surface area contributed by atoms with Crippen LogP contribution in [0.2, 0.25) is 0 Å². The number of rotatable bonds is 8. The number of methoxy groups -OCH3 is 1. The standard InChI is InChI=1S/C18H29N3O3/c1-15(14-21-9-4-5-10-21)19-18(22)20(2)11-12-24-17-8-6-7-16(13-17)23-3/h6-8,13,15H,4-5,9-12,14H2,1-3H3,(H,19,22). The summed E-state index contributed by atoms with van der Waals surface area (Å²) in [5.41, 5.74) is 0. The maximum Gasteiger partial charge on any atom is 0.317 e. The van der Waals surface area contributed by atoms with Crippen LogP contribution in [-0.4, -0.2) is 68.8 Å². The number of amides is 2. The van der Waals surface area contributed by atoms with E-state index in [4.69, 9.17) is 9.47 Å². The van der Waals surface area contributed by atoms with Crippen LogP contribution in [-0.2, 0) is 0 Å². The van der Waals surface area contributed by atoms with Crippen molar-refractivity contribution >= 4 is 6.03 Å². The molecule has 0 aromatic heterocycles. The molecule has 0 spiro atoms. The number of benzene rings is 1. The molecule has 1 heterocycles. The first kappa shape index (κ1) is 18.4. The molecule has 6 nitrogen and oxygen atoms in total. The fraction of sp³-hybridized carbons (Fsp3) is 0.611. The van der Waals surface area contributed by atoms with E-state index in [2.05, 4.69) is 17.1 Å². The van der Waals surface area contributed by atoms with Gasteiger partial charge in [0, 0.05) is 25.7 Å². The van der Waals surface area contributed by atoms with Gasteiger partial charge in [-0.15, -0.1) is 0 Å². The highest BCUT2D eigenvalue weighted by Gasteiger charge is 2.17. The Morgan fingerprint density at radius 2 is 2.04 bits per heavy atom. The minimum atomic E-state index is -0.0593. The number of ether oxygens (including phenoxy) is 2. The number of likely N-dealkylation sites (N-methyl/N-ethyl adjacent to an activating group) is 1. The third-order valence-electron chi connectivity index (χ3n) is 4.18. The number of likely N-dealkylation sites (tertiary alicyclic amines) is 1. The summed E-state index contributed by atoms with van der Waals surface area (Å²) < 4.78 is 10.8. The number of carbonyl (C=O) groups is 1. The van der Waals surface area contributed by atoms with Crippen molar-refractivity contribution in [1.82, 2.24) is 15.1 Å². The molecule has 0 aliphatic carbocycles. The molecule has 2 rings (SSSR count). The lowest BCUT2D eigenvalue weighted by Crippen LogP contribution is -2.47. The van der Waals surface area contributed by atoms with E-state index in [-0.39, 0.29) is 12.1 Å². The van der Waals surface area contributed by atoms with Crippen molar-refractivity contribution in [2.24, 2.45) is 0 Å². The molecule has 2 amide bonds. The fourth-order valence-corrected chi connectivity index (χ4v) is 2.81. The van der Waals surface area contributed by atoms with Gasteiger partial charge in [0.05, 0.1) is 13.7 Å². The molecule has 24 heavy (non-hydrogen) atoms. The van der Waals surface area contributed by atoms with Crippen LogP contribution in [0.15, 0.2) is 24.3 Å². The van der Waals surface area contributed by atoms with E-state index in [9.17, 15) is 4.79 Å². The molecule has 1 aliphatic rings.